The van der Waals surface area contributed by atoms with E-state index in [1.54, 1.807) is 12.1 Å². The number of halogens is 2. The van der Waals surface area contributed by atoms with Crippen LogP contribution in [0.25, 0.3) is 0 Å². The van der Waals surface area contributed by atoms with Crippen molar-refractivity contribution in [3.8, 4) is 0 Å². The first kappa shape index (κ1) is 14.2. The molecule has 0 aromatic heterocycles. The number of carbonyl (C=O) groups is 1. The molecule has 1 amide bonds. The molecule has 2 unspecified atom stereocenters. The molecule has 0 spiro atoms. The lowest BCUT2D eigenvalue weighted by molar-refractivity contribution is -0.129. The third kappa shape index (κ3) is 2.95. The van der Waals surface area contributed by atoms with Gasteiger partial charge in [0.1, 0.15) is 0 Å². The summed E-state index contributed by atoms with van der Waals surface area (Å²) in [7, 11) is 0. The Morgan fingerprint density at radius 1 is 1.30 bits per heavy atom. The maximum absolute atomic E-state index is 12.4. The van der Waals surface area contributed by atoms with Gasteiger partial charge in [0.2, 0.25) is 5.91 Å². The Labute approximate surface area is 129 Å². The van der Waals surface area contributed by atoms with E-state index in [9.17, 15) is 4.79 Å². The van der Waals surface area contributed by atoms with Crippen molar-refractivity contribution in [2.75, 3.05) is 19.6 Å². The van der Waals surface area contributed by atoms with Crippen LogP contribution in [0.2, 0.25) is 10.0 Å². The molecule has 1 N–H and O–H groups in total. The molecule has 108 valence electrons. The molecule has 2 atom stereocenters. The normalized spacial score (nSPS) is 25.6. The van der Waals surface area contributed by atoms with Crippen LogP contribution < -0.4 is 5.32 Å². The Morgan fingerprint density at radius 3 is 2.90 bits per heavy atom. The third-order valence-corrected chi connectivity index (χ3v) is 5.03. The van der Waals surface area contributed by atoms with Crippen LogP contribution in [0.15, 0.2) is 18.2 Å². The first-order valence-corrected chi connectivity index (χ1v) is 7.84. The Balaban J connectivity index is 1.63. The molecule has 1 aromatic carbocycles. The minimum Gasteiger partial charge on any atom is -0.341 e. The second-order valence-electron chi connectivity index (χ2n) is 5.69. The summed E-state index contributed by atoms with van der Waals surface area (Å²) in [5.74, 6) is 0.807. The van der Waals surface area contributed by atoms with Gasteiger partial charge in [-0.1, -0.05) is 29.3 Å². The fourth-order valence-electron chi connectivity index (χ4n) is 3.19. The van der Waals surface area contributed by atoms with Crippen LogP contribution in [0, 0.1) is 5.92 Å². The molecule has 2 aliphatic heterocycles. The highest BCUT2D eigenvalue weighted by atomic mass is 35.5. The molecule has 0 radical (unpaired) electrons. The quantitative estimate of drug-likeness (QED) is 0.910. The number of fused-ring (bicyclic) bond motifs is 1. The molecular formula is C15H18Cl2N2O. The SMILES string of the molecule is O=C(Cc1ccc(Cl)c(Cl)c1)N1CC2CCCNC2C1. The van der Waals surface area contributed by atoms with Crippen molar-refractivity contribution in [1.29, 1.82) is 0 Å². The molecule has 0 bridgehead atoms. The summed E-state index contributed by atoms with van der Waals surface area (Å²) in [4.78, 5) is 14.4. The molecule has 1 aromatic rings. The highest BCUT2D eigenvalue weighted by Gasteiger charge is 2.36. The predicted octanol–water partition coefficient (Wildman–Crippen LogP) is 2.75. The predicted molar refractivity (Wildman–Crippen MR) is 81.3 cm³/mol. The van der Waals surface area contributed by atoms with Crippen molar-refractivity contribution in [2.45, 2.75) is 25.3 Å². The number of nitrogens with one attached hydrogen (secondary N) is 1. The molecular weight excluding hydrogens is 295 g/mol. The zero-order chi connectivity index (χ0) is 14.1. The van der Waals surface area contributed by atoms with Crippen LogP contribution in [-0.2, 0) is 11.2 Å². The second-order valence-corrected chi connectivity index (χ2v) is 6.50. The van der Waals surface area contributed by atoms with Gasteiger partial charge in [0.05, 0.1) is 16.5 Å². The summed E-state index contributed by atoms with van der Waals surface area (Å²) in [5, 5.41) is 4.55. The Hall–Kier alpha value is -0.770. The Kier molecular flexibility index (Phi) is 4.20. The van der Waals surface area contributed by atoms with E-state index in [1.165, 1.54) is 12.8 Å². The van der Waals surface area contributed by atoms with Crippen molar-refractivity contribution in [2.24, 2.45) is 5.92 Å². The van der Waals surface area contributed by atoms with E-state index in [2.05, 4.69) is 5.32 Å². The van der Waals surface area contributed by atoms with Gasteiger partial charge in [-0.2, -0.15) is 0 Å². The second kappa shape index (κ2) is 5.92. The fraction of sp³-hybridized carbons (Fsp3) is 0.533. The van der Waals surface area contributed by atoms with Crippen LogP contribution in [0.3, 0.4) is 0 Å². The summed E-state index contributed by atoms with van der Waals surface area (Å²) < 4.78 is 0. The lowest BCUT2D eigenvalue weighted by atomic mass is 9.94. The maximum Gasteiger partial charge on any atom is 0.227 e. The van der Waals surface area contributed by atoms with E-state index in [0.29, 0.717) is 28.4 Å². The van der Waals surface area contributed by atoms with Crippen molar-refractivity contribution in [1.82, 2.24) is 10.2 Å². The minimum absolute atomic E-state index is 0.180. The van der Waals surface area contributed by atoms with E-state index < -0.39 is 0 Å². The monoisotopic (exact) mass is 312 g/mol. The number of hydrogen-bond acceptors (Lipinski definition) is 2. The molecule has 20 heavy (non-hydrogen) atoms. The lowest BCUT2D eigenvalue weighted by Gasteiger charge is -2.24. The number of hydrogen-bond donors (Lipinski definition) is 1. The molecule has 5 heteroatoms. The molecule has 0 saturated carbocycles. The first-order valence-electron chi connectivity index (χ1n) is 7.08. The molecule has 0 aliphatic carbocycles. The summed E-state index contributed by atoms with van der Waals surface area (Å²) in [6.45, 7) is 2.80. The molecule has 2 fully saturated rings. The van der Waals surface area contributed by atoms with Crippen molar-refractivity contribution < 1.29 is 4.79 Å². The summed E-state index contributed by atoms with van der Waals surface area (Å²) in [6.07, 6.45) is 2.85. The van der Waals surface area contributed by atoms with E-state index in [-0.39, 0.29) is 5.91 Å². The van der Waals surface area contributed by atoms with Gasteiger partial charge in [-0.3, -0.25) is 4.79 Å². The summed E-state index contributed by atoms with van der Waals surface area (Å²) in [5.41, 5.74) is 0.923. The van der Waals surface area contributed by atoms with Crippen LogP contribution >= 0.6 is 23.2 Å². The summed E-state index contributed by atoms with van der Waals surface area (Å²) in [6, 6.07) is 5.88. The number of nitrogens with zero attached hydrogens (tertiary/aromatic N) is 1. The highest BCUT2D eigenvalue weighted by molar-refractivity contribution is 6.42. The average Bonchev–Trinajstić information content (AvgIpc) is 2.87. The molecule has 2 heterocycles. The largest absolute Gasteiger partial charge is 0.341 e. The number of amides is 1. The standard InChI is InChI=1S/C15H18Cl2N2O/c16-12-4-3-10(6-13(12)17)7-15(20)19-8-11-2-1-5-18-14(11)9-19/h3-4,6,11,14,18H,1-2,5,7-9H2. The van der Waals surface area contributed by atoms with Gasteiger partial charge in [-0.05, 0) is 43.0 Å². The number of benzene rings is 1. The minimum atomic E-state index is 0.180. The molecule has 2 saturated heterocycles. The van der Waals surface area contributed by atoms with E-state index in [4.69, 9.17) is 23.2 Å². The first-order chi connectivity index (χ1) is 9.63. The van der Waals surface area contributed by atoms with Crippen LogP contribution in [0.1, 0.15) is 18.4 Å². The van der Waals surface area contributed by atoms with Gasteiger partial charge < -0.3 is 10.2 Å². The number of rotatable bonds is 2. The lowest BCUT2D eigenvalue weighted by Crippen LogP contribution is -2.41. The van der Waals surface area contributed by atoms with Crippen molar-refractivity contribution in [3.05, 3.63) is 33.8 Å². The Morgan fingerprint density at radius 2 is 2.15 bits per heavy atom. The van der Waals surface area contributed by atoms with Gasteiger partial charge in [-0.15, -0.1) is 0 Å². The average molecular weight is 313 g/mol. The van der Waals surface area contributed by atoms with Crippen molar-refractivity contribution >= 4 is 29.1 Å². The van der Waals surface area contributed by atoms with E-state index >= 15 is 0 Å². The van der Waals surface area contributed by atoms with Crippen LogP contribution in [0.5, 0.6) is 0 Å². The van der Waals surface area contributed by atoms with Gasteiger partial charge in [0, 0.05) is 19.1 Å². The van der Waals surface area contributed by atoms with Gasteiger partial charge in [-0.25, -0.2) is 0 Å². The fourth-order valence-corrected chi connectivity index (χ4v) is 3.51. The number of piperidine rings is 1. The van der Waals surface area contributed by atoms with Crippen molar-refractivity contribution in [3.63, 3.8) is 0 Å². The maximum atomic E-state index is 12.4. The molecule has 3 nitrogen and oxygen atoms in total. The highest BCUT2D eigenvalue weighted by Crippen LogP contribution is 2.26. The van der Waals surface area contributed by atoms with Crippen LogP contribution in [-0.4, -0.2) is 36.5 Å². The van der Waals surface area contributed by atoms with E-state index in [0.717, 1.165) is 25.2 Å². The zero-order valence-electron chi connectivity index (χ0n) is 11.2. The van der Waals surface area contributed by atoms with Gasteiger partial charge in [0.25, 0.3) is 0 Å². The molecule has 3 rings (SSSR count). The Bertz CT molecular complexity index is 507. The zero-order valence-corrected chi connectivity index (χ0v) is 12.8. The van der Waals surface area contributed by atoms with Crippen LogP contribution in [0.4, 0.5) is 0 Å². The number of likely N-dealkylation sites (tertiary alicyclic amines) is 1. The summed E-state index contributed by atoms with van der Waals surface area (Å²) >= 11 is 11.9. The molecule has 2 aliphatic rings. The van der Waals surface area contributed by atoms with Gasteiger partial charge >= 0.3 is 0 Å². The van der Waals surface area contributed by atoms with Gasteiger partial charge in [0.15, 0.2) is 0 Å². The topological polar surface area (TPSA) is 32.3 Å². The smallest absolute Gasteiger partial charge is 0.227 e. The van der Waals surface area contributed by atoms with E-state index in [1.807, 2.05) is 11.0 Å². The number of carbonyl (C=O) groups excluding carboxylic acids is 1. The third-order valence-electron chi connectivity index (χ3n) is 4.29.